The van der Waals surface area contributed by atoms with Gasteiger partial charge in [-0.2, -0.15) is 0 Å². The number of nitrogens with one attached hydrogen (secondary N) is 2. The van der Waals surface area contributed by atoms with Crippen LogP contribution in [0.2, 0.25) is 0 Å². The third-order valence-corrected chi connectivity index (χ3v) is 2.35. The van der Waals surface area contributed by atoms with Crippen LogP contribution in [-0.4, -0.2) is 38.8 Å². The zero-order valence-corrected chi connectivity index (χ0v) is 12.0. The lowest BCUT2D eigenvalue weighted by Gasteiger charge is -2.15. The quantitative estimate of drug-likeness (QED) is 0.715. The molecule has 6 heteroatoms. The van der Waals surface area contributed by atoms with E-state index in [1.54, 1.807) is 7.11 Å². The first kappa shape index (κ1) is 16.4. The molecule has 0 bridgehead atoms. The number of carbonyl (C=O) groups excluding carboxylic acids is 1. The SMILES string of the molecule is COCCNCC(=O)Nc1cc(F)ccc1OC(C)C. The van der Waals surface area contributed by atoms with E-state index in [-0.39, 0.29) is 18.6 Å². The molecule has 0 saturated heterocycles. The van der Waals surface area contributed by atoms with Crippen molar-refractivity contribution in [3.05, 3.63) is 24.0 Å². The van der Waals surface area contributed by atoms with Gasteiger partial charge in [0.1, 0.15) is 11.6 Å². The summed E-state index contributed by atoms with van der Waals surface area (Å²) in [5, 5.41) is 5.54. The lowest BCUT2D eigenvalue weighted by Crippen LogP contribution is -2.30. The molecule has 0 aliphatic carbocycles. The van der Waals surface area contributed by atoms with Crippen LogP contribution in [0.4, 0.5) is 10.1 Å². The summed E-state index contributed by atoms with van der Waals surface area (Å²) in [6.07, 6.45) is -0.0593. The molecular weight excluding hydrogens is 263 g/mol. The Bertz CT molecular complexity index is 438. The number of carbonyl (C=O) groups is 1. The molecule has 0 aliphatic rings. The van der Waals surface area contributed by atoms with Crippen molar-refractivity contribution in [2.24, 2.45) is 0 Å². The van der Waals surface area contributed by atoms with E-state index >= 15 is 0 Å². The molecule has 1 aromatic rings. The van der Waals surface area contributed by atoms with Gasteiger partial charge < -0.3 is 20.1 Å². The first-order valence-electron chi connectivity index (χ1n) is 6.48. The Hall–Kier alpha value is -1.66. The molecule has 0 aliphatic heterocycles. The molecule has 2 N–H and O–H groups in total. The highest BCUT2D eigenvalue weighted by atomic mass is 19.1. The van der Waals surface area contributed by atoms with Crippen LogP contribution in [-0.2, 0) is 9.53 Å². The normalized spacial score (nSPS) is 10.7. The zero-order chi connectivity index (χ0) is 15.0. The van der Waals surface area contributed by atoms with Crippen molar-refractivity contribution >= 4 is 11.6 Å². The van der Waals surface area contributed by atoms with Crippen LogP contribution >= 0.6 is 0 Å². The summed E-state index contributed by atoms with van der Waals surface area (Å²) < 4.78 is 23.6. The number of rotatable bonds is 8. The van der Waals surface area contributed by atoms with Gasteiger partial charge in [-0.3, -0.25) is 4.79 Å². The van der Waals surface area contributed by atoms with Gasteiger partial charge in [-0.1, -0.05) is 0 Å². The van der Waals surface area contributed by atoms with Gasteiger partial charge in [-0.15, -0.1) is 0 Å². The van der Waals surface area contributed by atoms with Crippen molar-refractivity contribution in [3.63, 3.8) is 0 Å². The molecule has 5 nitrogen and oxygen atoms in total. The third kappa shape index (κ3) is 5.99. The Morgan fingerprint density at radius 1 is 1.40 bits per heavy atom. The van der Waals surface area contributed by atoms with Gasteiger partial charge in [-0.05, 0) is 26.0 Å². The number of methoxy groups -OCH3 is 1. The second-order valence-electron chi connectivity index (χ2n) is 4.52. The Balaban J connectivity index is 2.60. The smallest absolute Gasteiger partial charge is 0.238 e. The molecule has 1 aromatic carbocycles. The second-order valence-corrected chi connectivity index (χ2v) is 4.52. The Morgan fingerprint density at radius 3 is 2.80 bits per heavy atom. The van der Waals surface area contributed by atoms with E-state index in [0.29, 0.717) is 24.6 Å². The fourth-order valence-corrected chi connectivity index (χ4v) is 1.53. The van der Waals surface area contributed by atoms with Gasteiger partial charge >= 0.3 is 0 Å². The molecule has 112 valence electrons. The predicted molar refractivity (Wildman–Crippen MR) is 75.5 cm³/mol. The first-order valence-corrected chi connectivity index (χ1v) is 6.48. The number of ether oxygens (including phenoxy) is 2. The van der Waals surface area contributed by atoms with Crippen LogP contribution in [0, 0.1) is 5.82 Å². The number of hydrogen-bond donors (Lipinski definition) is 2. The largest absolute Gasteiger partial charge is 0.489 e. The predicted octanol–water partition coefficient (Wildman–Crippen LogP) is 1.79. The average Bonchev–Trinajstić information content (AvgIpc) is 2.37. The van der Waals surface area contributed by atoms with Crippen molar-refractivity contribution in [2.75, 3.05) is 32.1 Å². The van der Waals surface area contributed by atoms with Crippen LogP contribution in [0.5, 0.6) is 5.75 Å². The summed E-state index contributed by atoms with van der Waals surface area (Å²) >= 11 is 0. The molecule has 20 heavy (non-hydrogen) atoms. The minimum Gasteiger partial charge on any atom is -0.489 e. The number of halogens is 1. The first-order chi connectivity index (χ1) is 9.52. The Morgan fingerprint density at radius 2 is 2.15 bits per heavy atom. The highest BCUT2D eigenvalue weighted by Crippen LogP contribution is 2.26. The maximum atomic E-state index is 13.2. The van der Waals surface area contributed by atoms with Crippen molar-refractivity contribution in [1.82, 2.24) is 5.32 Å². The van der Waals surface area contributed by atoms with E-state index in [9.17, 15) is 9.18 Å². The highest BCUT2D eigenvalue weighted by Gasteiger charge is 2.10. The number of amides is 1. The van der Waals surface area contributed by atoms with E-state index in [1.807, 2.05) is 13.8 Å². The fourth-order valence-electron chi connectivity index (χ4n) is 1.53. The lowest BCUT2D eigenvalue weighted by atomic mass is 10.2. The summed E-state index contributed by atoms with van der Waals surface area (Å²) in [7, 11) is 1.59. The molecular formula is C14H21FN2O3. The summed E-state index contributed by atoms with van der Waals surface area (Å²) in [6.45, 7) is 4.95. The molecule has 0 atom stereocenters. The van der Waals surface area contributed by atoms with Crippen LogP contribution < -0.4 is 15.4 Å². The molecule has 1 amide bonds. The summed E-state index contributed by atoms with van der Waals surface area (Å²) in [4.78, 5) is 11.7. The van der Waals surface area contributed by atoms with Gasteiger partial charge in [-0.25, -0.2) is 4.39 Å². The van der Waals surface area contributed by atoms with Gasteiger partial charge in [0.2, 0.25) is 5.91 Å². The van der Waals surface area contributed by atoms with E-state index in [2.05, 4.69) is 10.6 Å². The lowest BCUT2D eigenvalue weighted by molar-refractivity contribution is -0.115. The molecule has 0 fully saturated rings. The standard InChI is InChI=1S/C14H21FN2O3/c1-10(2)20-13-5-4-11(15)8-12(13)17-14(18)9-16-6-7-19-3/h4-5,8,10,16H,6-7,9H2,1-3H3,(H,17,18). The monoisotopic (exact) mass is 284 g/mol. The minimum absolute atomic E-state index is 0.0593. The molecule has 0 unspecified atom stereocenters. The molecule has 1 rings (SSSR count). The second kappa shape index (κ2) is 8.50. The van der Waals surface area contributed by atoms with Gasteiger partial charge in [0.15, 0.2) is 0 Å². The van der Waals surface area contributed by atoms with Crippen LogP contribution in [0.3, 0.4) is 0 Å². The molecule has 0 spiro atoms. The van der Waals surface area contributed by atoms with Gasteiger partial charge in [0.05, 0.1) is 24.9 Å². The van der Waals surface area contributed by atoms with E-state index in [1.165, 1.54) is 18.2 Å². The molecule has 0 heterocycles. The van der Waals surface area contributed by atoms with Crippen molar-refractivity contribution in [3.8, 4) is 5.75 Å². The average molecular weight is 284 g/mol. The maximum Gasteiger partial charge on any atom is 0.238 e. The molecule has 0 saturated carbocycles. The van der Waals surface area contributed by atoms with Gasteiger partial charge in [0, 0.05) is 19.7 Å². The molecule has 0 aromatic heterocycles. The number of hydrogen-bond acceptors (Lipinski definition) is 4. The highest BCUT2D eigenvalue weighted by molar-refractivity contribution is 5.93. The van der Waals surface area contributed by atoms with E-state index < -0.39 is 5.82 Å². The third-order valence-electron chi connectivity index (χ3n) is 2.35. The van der Waals surface area contributed by atoms with Crippen LogP contribution in [0.25, 0.3) is 0 Å². The topological polar surface area (TPSA) is 59.6 Å². The van der Waals surface area contributed by atoms with E-state index in [4.69, 9.17) is 9.47 Å². The minimum atomic E-state index is -0.427. The molecule has 0 radical (unpaired) electrons. The maximum absolute atomic E-state index is 13.2. The number of benzene rings is 1. The summed E-state index contributed by atoms with van der Waals surface area (Å²) in [6, 6.07) is 4.04. The van der Waals surface area contributed by atoms with Crippen molar-refractivity contribution in [2.45, 2.75) is 20.0 Å². The Labute approximate surface area is 118 Å². The fraction of sp³-hybridized carbons (Fsp3) is 0.500. The number of anilines is 1. The van der Waals surface area contributed by atoms with Crippen molar-refractivity contribution in [1.29, 1.82) is 0 Å². The summed E-state index contributed by atoms with van der Waals surface area (Å²) in [5.74, 6) is -0.240. The Kier molecular flexibility index (Phi) is 6.97. The van der Waals surface area contributed by atoms with Crippen LogP contribution in [0.1, 0.15) is 13.8 Å². The van der Waals surface area contributed by atoms with E-state index in [0.717, 1.165) is 0 Å². The zero-order valence-electron chi connectivity index (χ0n) is 12.0. The van der Waals surface area contributed by atoms with Gasteiger partial charge in [0.25, 0.3) is 0 Å². The van der Waals surface area contributed by atoms with Crippen LogP contribution in [0.15, 0.2) is 18.2 Å². The summed E-state index contributed by atoms with van der Waals surface area (Å²) in [5.41, 5.74) is 0.331. The van der Waals surface area contributed by atoms with Crippen molar-refractivity contribution < 1.29 is 18.7 Å².